The molecule has 0 spiro atoms. The summed E-state index contributed by atoms with van der Waals surface area (Å²) in [5.41, 5.74) is 0. The Hall–Kier alpha value is 0.424. The van der Waals surface area contributed by atoms with E-state index in [2.05, 4.69) is 54.9 Å². The molecule has 0 unspecified atom stereocenters. The van der Waals surface area contributed by atoms with Gasteiger partial charge in [0.15, 0.2) is 16.5 Å². The van der Waals surface area contributed by atoms with Crippen molar-refractivity contribution < 1.29 is 0 Å². The van der Waals surface area contributed by atoms with Gasteiger partial charge in [0, 0.05) is 0 Å². The molecule has 0 rings (SSSR count). The van der Waals surface area contributed by atoms with Crippen LogP contribution in [0, 0.1) is 0 Å². The minimum Gasteiger partial charge on any atom is -0.255 e. The molecule has 0 bridgehead atoms. The van der Waals surface area contributed by atoms with E-state index in [9.17, 15) is 0 Å². The first-order valence-electron chi connectivity index (χ1n) is 4.54. The summed E-state index contributed by atoms with van der Waals surface area (Å²) in [5, 5.41) is 0. The first-order valence-corrected chi connectivity index (χ1v) is 13.6. The van der Waals surface area contributed by atoms with Crippen molar-refractivity contribution in [2.24, 2.45) is 15.6 Å². The zero-order valence-corrected chi connectivity index (χ0v) is 14.5. The van der Waals surface area contributed by atoms with E-state index in [1.165, 1.54) is 34.8 Å². The van der Waals surface area contributed by atoms with E-state index < -0.39 is 16.5 Å². The lowest BCUT2D eigenvalue weighted by Gasteiger charge is -2.02. The minimum atomic E-state index is -1.34. The molecule has 0 atom stereocenters. The highest BCUT2D eigenvalue weighted by molar-refractivity contribution is 8.02. The van der Waals surface area contributed by atoms with Crippen LogP contribution < -0.4 is 0 Å². The Morgan fingerprint density at radius 1 is 0.667 bits per heavy atom. The fraction of sp³-hybridized carbons (Fsp3) is 1.00. The molecule has 0 aliphatic rings. The predicted octanol–water partition coefficient (Wildman–Crippen LogP) is 4.12. The van der Waals surface area contributed by atoms with Gasteiger partial charge in [-0.15, -0.1) is 7.54 Å². The van der Waals surface area contributed by atoms with Crippen LogP contribution in [0.2, 0.25) is 39.3 Å². The van der Waals surface area contributed by atoms with Gasteiger partial charge < -0.3 is 0 Å². The maximum Gasteiger partial charge on any atom is 0.190 e. The van der Waals surface area contributed by atoms with Crippen LogP contribution in [0.15, 0.2) is 15.6 Å². The molecule has 0 fully saturated rings. The van der Waals surface area contributed by atoms with Gasteiger partial charge in [0.25, 0.3) is 0 Å². The number of hydrogen-bond acceptors (Lipinski definition) is 5. The average Bonchev–Trinajstić information content (AvgIpc) is 1.98. The molecule has 0 saturated heterocycles. The van der Waals surface area contributed by atoms with Gasteiger partial charge in [0.05, 0.1) is 22.7 Å². The third-order valence-electron chi connectivity index (χ3n) is 0.763. The normalized spacial score (nSPS) is 11.6. The van der Waals surface area contributed by atoms with Crippen LogP contribution >= 0.6 is 12.1 Å². The quantitative estimate of drug-likeness (QED) is 0.569. The second-order valence-electron chi connectivity index (χ2n) is 4.92. The van der Waals surface area contributed by atoms with Crippen LogP contribution in [0.1, 0.15) is 0 Å². The topological polar surface area (TPSA) is 49.4 Å². The van der Waals surface area contributed by atoms with Gasteiger partial charge in [-0.1, -0.05) is 0 Å². The molecular formula is C6H18N4S3Si2. The lowest BCUT2D eigenvalue weighted by molar-refractivity contribution is 1.61. The van der Waals surface area contributed by atoms with Crippen LogP contribution in [0.4, 0.5) is 0 Å². The highest BCUT2D eigenvalue weighted by Gasteiger charge is 2.10. The zero-order valence-electron chi connectivity index (χ0n) is 10.0. The Bertz CT molecular complexity index is 286. The SMILES string of the molecule is C[Si](C)(C)N=S=NSN=S=N[Si](C)(C)C. The van der Waals surface area contributed by atoms with E-state index in [1.54, 1.807) is 0 Å². The molecule has 0 aliphatic carbocycles. The van der Waals surface area contributed by atoms with Crippen LogP contribution in [0.3, 0.4) is 0 Å². The number of nitrogens with zero attached hydrogens (tertiary/aromatic N) is 4. The van der Waals surface area contributed by atoms with Gasteiger partial charge in [0.1, 0.15) is 12.1 Å². The maximum absolute atomic E-state index is 4.38. The van der Waals surface area contributed by atoms with Gasteiger partial charge in [-0.3, -0.25) is 8.06 Å². The number of rotatable bonds is 4. The Balaban J connectivity index is 4.11. The standard InChI is InChI=1S/C6H18N4S3Si2/c1-14(2,3)9-12-7-11-8-13-10-15(4,5)6/h1-6H3. The Kier molecular flexibility index (Phi) is 7.08. The van der Waals surface area contributed by atoms with Crippen LogP contribution in [-0.2, 0) is 22.7 Å². The molecule has 0 radical (unpaired) electrons. The minimum absolute atomic E-state index is 1.17. The fourth-order valence-electron chi connectivity index (χ4n) is 0.322. The summed E-state index contributed by atoms with van der Waals surface area (Å²) in [6.07, 6.45) is 0. The summed E-state index contributed by atoms with van der Waals surface area (Å²) in [5.74, 6) is 0. The van der Waals surface area contributed by atoms with Crippen molar-refractivity contribution in [3.8, 4) is 0 Å². The summed E-state index contributed by atoms with van der Waals surface area (Å²) in [6.45, 7) is 13.0. The van der Waals surface area contributed by atoms with Crippen molar-refractivity contribution in [1.82, 2.24) is 0 Å². The van der Waals surface area contributed by atoms with Crippen LogP contribution in [0.5, 0.6) is 0 Å². The maximum atomic E-state index is 4.38. The first-order chi connectivity index (χ1) is 6.71. The smallest absolute Gasteiger partial charge is 0.190 e. The van der Waals surface area contributed by atoms with Gasteiger partial charge >= 0.3 is 0 Å². The van der Waals surface area contributed by atoms with Gasteiger partial charge in [-0.25, -0.2) is 0 Å². The second-order valence-corrected chi connectivity index (χ2v) is 16.7. The van der Waals surface area contributed by atoms with E-state index in [1.807, 2.05) is 0 Å². The fourth-order valence-corrected chi connectivity index (χ4v) is 3.74. The summed E-state index contributed by atoms with van der Waals surface area (Å²) in [7, 11) is -2.68. The lowest BCUT2D eigenvalue weighted by atomic mass is 11.8. The third-order valence-corrected chi connectivity index (χ3v) is 6.86. The highest BCUT2D eigenvalue weighted by atomic mass is 32.2. The number of hydrogen-bond donors (Lipinski definition) is 0. The summed E-state index contributed by atoms with van der Waals surface area (Å²) in [4.78, 5) is 0. The first kappa shape index (κ1) is 15.4. The highest BCUT2D eigenvalue weighted by Crippen LogP contribution is 2.05. The molecule has 0 amide bonds. The zero-order chi connectivity index (χ0) is 11.9. The molecule has 0 aromatic heterocycles. The van der Waals surface area contributed by atoms with E-state index in [4.69, 9.17) is 0 Å². The van der Waals surface area contributed by atoms with Crippen molar-refractivity contribution in [2.45, 2.75) is 39.3 Å². The van der Waals surface area contributed by atoms with Gasteiger partial charge in [-0.05, 0) is 39.3 Å². The lowest BCUT2D eigenvalue weighted by Crippen LogP contribution is -2.14. The van der Waals surface area contributed by atoms with E-state index in [0.29, 0.717) is 0 Å². The molecule has 88 valence electrons. The van der Waals surface area contributed by atoms with E-state index >= 15 is 0 Å². The van der Waals surface area contributed by atoms with Crippen molar-refractivity contribution in [2.75, 3.05) is 0 Å². The molecule has 0 aromatic carbocycles. The second kappa shape index (κ2) is 6.89. The summed E-state index contributed by atoms with van der Waals surface area (Å²) >= 11 is 3.68. The van der Waals surface area contributed by atoms with Gasteiger partial charge in [-0.2, -0.15) is 0 Å². The van der Waals surface area contributed by atoms with Crippen LogP contribution in [-0.4, -0.2) is 16.5 Å². The van der Waals surface area contributed by atoms with E-state index in [0.717, 1.165) is 0 Å². The Morgan fingerprint density at radius 2 is 1.00 bits per heavy atom. The summed E-state index contributed by atoms with van der Waals surface area (Å²) in [6, 6.07) is 0. The summed E-state index contributed by atoms with van der Waals surface area (Å²) < 4.78 is 16.9. The molecule has 0 N–H and O–H groups in total. The van der Waals surface area contributed by atoms with Crippen LogP contribution in [0.25, 0.3) is 0 Å². The Labute approximate surface area is 106 Å². The molecule has 0 heterocycles. The van der Waals surface area contributed by atoms with Crippen molar-refractivity contribution in [3.63, 3.8) is 0 Å². The third kappa shape index (κ3) is 14.4. The molecule has 15 heavy (non-hydrogen) atoms. The monoisotopic (exact) mass is 298 g/mol. The van der Waals surface area contributed by atoms with Crippen molar-refractivity contribution >= 4 is 51.3 Å². The Morgan fingerprint density at radius 3 is 1.27 bits per heavy atom. The molecule has 9 heteroatoms. The molecule has 0 saturated carbocycles. The molecule has 0 aromatic rings. The average molecular weight is 299 g/mol. The van der Waals surface area contributed by atoms with E-state index in [-0.39, 0.29) is 0 Å². The molecule has 4 nitrogen and oxygen atoms in total. The van der Waals surface area contributed by atoms with Crippen molar-refractivity contribution in [3.05, 3.63) is 0 Å². The van der Waals surface area contributed by atoms with Crippen molar-refractivity contribution in [1.29, 1.82) is 0 Å². The predicted molar refractivity (Wildman–Crippen MR) is 78.7 cm³/mol. The molecule has 0 aliphatic heterocycles. The largest absolute Gasteiger partial charge is 0.255 e. The van der Waals surface area contributed by atoms with Gasteiger partial charge in [0.2, 0.25) is 0 Å². The molecular weight excluding hydrogens is 280 g/mol.